The molecule has 0 saturated heterocycles. The molecular weight excluding hydrogens is 346 g/mol. The first kappa shape index (κ1) is 18.7. The topological polar surface area (TPSA) is 64.0 Å². The monoisotopic (exact) mass is 371 g/mol. The Hall–Kier alpha value is -2.08. The van der Waals surface area contributed by atoms with Crippen LogP contribution in [0.1, 0.15) is 49.9 Å². The number of hydrogen-bond donors (Lipinski definition) is 1. The fraction of sp³-hybridized carbons (Fsp3) is 0.450. The van der Waals surface area contributed by atoms with E-state index in [1.807, 2.05) is 32.0 Å². The minimum absolute atomic E-state index is 0.00338. The first-order valence-electron chi connectivity index (χ1n) is 9.11. The van der Waals surface area contributed by atoms with Crippen LogP contribution in [0, 0.1) is 0 Å². The smallest absolute Gasteiger partial charge is 0.254 e. The number of amides is 1. The highest BCUT2D eigenvalue weighted by molar-refractivity contribution is 7.99. The molecule has 5 nitrogen and oxygen atoms in total. The van der Waals surface area contributed by atoms with Crippen molar-refractivity contribution in [1.82, 2.24) is 14.9 Å². The van der Waals surface area contributed by atoms with Gasteiger partial charge in [0.15, 0.2) is 5.16 Å². The standard InChI is InChI=1S/C20H25N3O2S/c1-14(2)17-12-19(25)23-16(13-26-20(23)22-17)11-18(24)21-10-6-9-15-7-4-3-5-8-15/h3-5,7-8,12,14,16H,6,9-11,13H2,1-2H3,(H,21,24)/t16-/m1/s1. The Balaban J connectivity index is 1.51. The second kappa shape index (κ2) is 8.54. The number of rotatable bonds is 7. The first-order chi connectivity index (χ1) is 12.5. The van der Waals surface area contributed by atoms with Crippen molar-refractivity contribution in [1.29, 1.82) is 0 Å². The van der Waals surface area contributed by atoms with Crippen molar-refractivity contribution in [3.63, 3.8) is 0 Å². The van der Waals surface area contributed by atoms with Gasteiger partial charge >= 0.3 is 0 Å². The van der Waals surface area contributed by atoms with Crippen molar-refractivity contribution < 1.29 is 4.79 Å². The van der Waals surface area contributed by atoms with Crippen LogP contribution in [0.4, 0.5) is 0 Å². The van der Waals surface area contributed by atoms with Crippen LogP contribution < -0.4 is 10.9 Å². The fourth-order valence-electron chi connectivity index (χ4n) is 3.07. The molecule has 0 spiro atoms. The van der Waals surface area contributed by atoms with Gasteiger partial charge in [-0.1, -0.05) is 55.9 Å². The second-order valence-electron chi connectivity index (χ2n) is 6.93. The Labute approximate surface area is 158 Å². The van der Waals surface area contributed by atoms with E-state index in [0.29, 0.717) is 13.0 Å². The number of nitrogens with zero attached hydrogens (tertiary/aromatic N) is 2. The zero-order valence-corrected chi connectivity index (χ0v) is 16.1. The van der Waals surface area contributed by atoms with E-state index in [2.05, 4.69) is 22.4 Å². The van der Waals surface area contributed by atoms with Crippen molar-refractivity contribution in [2.45, 2.75) is 50.2 Å². The van der Waals surface area contributed by atoms with Gasteiger partial charge in [-0.3, -0.25) is 14.2 Å². The van der Waals surface area contributed by atoms with Gasteiger partial charge in [0, 0.05) is 24.8 Å². The van der Waals surface area contributed by atoms with Crippen LogP contribution in [0.3, 0.4) is 0 Å². The highest BCUT2D eigenvalue weighted by atomic mass is 32.2. The number of carbonyl (C=O) groups excluding carboxylic acids is 1. The third-order valence-corrected chi connectivity index (χ3v) is 5.63. The van der Waals surface area contributed by atoms with Gasteiger partial charge in [-0.15, -0.1) is 0 Å². The molecule has 0 bridgehead atoms. The molecule has 3 rings (SSSR count). The van der Waals surface area contributed by atoms with Gasteiger partial charge in [0.2, 0.25) is 5.91 Å². The Kier molecular flexibility index (Phi) is 6.14. The van der Waals surface area contributed by atoms with Crippen LogP contribution in [0.15, 0.2) is 46.3 Å². The molecule has 26 heavy (non-hydrogen) atoms. The molecule has 6 heteroatoms. The van der Waals surface area contributed by atoms with E-state index in [1.165, 1.54) is 5.56 Å². The van der Waals surface area contributed by atoms with Gasteiger partial charge in [-0.05, 0) is 24.3 Å². The molecule has 1 aromatic heterocycles. The fourth-order valence-corrected chi connectivity index (χ4v) is 4.22. The number of nitrogens with one attached hydrogen (secondary N) is 1. The number of hydrogen-bond acceptors (Lipinski definition) is 4. The molecule has 1 amide bonds. The van der Waals surface area contributed by atoms with Crippen LogP contribution in [0.25, 0.3) is 0 Å². The number of carbonyl (C=O) groups is 1. The molecule has 138 valence electrons. The van der Waals surface area contributed by atoms with E-state index in [9.17, 15) is 9.59 Å². The summed E-state index contributed by atoms with van der Waals surface area (Å²) in [5, 5.41) is 3.71. The van der Waals surface area contributed by atoms with E-state index in [-0.39, 0.29) is 23.4 Å². The highest BCUT2D eigenvalue weighted by Gasteiger charge is 2.27. The summed E-state index contributed by atoms with van der Waals surface area (Å²) < 4.78 is 1.68. The average Bonchev–Trinajstić information content (AvgIpc) is 3.03. The zero-order valence-electron chi connectivity index (χ0n) is 15.3. The highest BCUT2D eigenvalue weighted by Crippen LogP contribution is 2.32. The van der Waals surface area contributed by atoms with Gasteiger partial charge in [-0.25, -0.2) is 4.98 Å². The number of aryl methyl sites for hydroxylation is 1. The van der Waals surface area contributed by atoms with Crippen molar-refractivity contribution in [3.05, 3.63) is 58.0 Å². The molecule has 0 saturated carbocycles. The summed E-state index contributed by atoms with van der Waals surface area (Å²) in [6, 6.07) is 11.7. The van der Waals surface area contributed by atoms with E-state index >= 15 is 0 Å². The van der Waals surface area contributed by atoms with Crippen LogP contribution in [0.5, 0.6) is 0 Å². The predicted octanol–water partition coefficient (Wildman–Crippen LogP) is 3.15. The lowest BCUT2D eigenvalue weighted by atomic mass is 10.1. The third kappa shape index (κ3) is 4.55. The Morgan fingerprint density at radius 1 is 1.35 bits per heavy atom. The van der Waals surface area contributed by atoms with E-state index < -0.39 is 0 Å². The molecule has 0 fully saturated rings. The minimum Gasteiger partial charge on any atom is -0.356 e. The first-order valence-corrected chi connectivity index (χ1v) is 10.1. The second-order valence-corrected chi connectivity index (χ2v) is 7.92. The lowest BCUT2D eigenvalue weighted by Gasteiger charge is -2.14. The maximum Gasteiger partial charge on any atom is 0.254 e. The molecule has 1 aromatic carbocycles. The van der Waals surface area contributed by atoms with E-state index in [1.54, 1.807) is 22.4 Å². The van der Waals surface area contributed by atoms with Crippen molar-refractivity contribution in [2.75, 3.05) is 12.3 Å². The van der Waals surface area contributed by atoms with Crippen LogP contribution >= 0.6 is 11.8 Å². The van der Waals surface area contributed by atoms with Crippen molar-refractivity contribution >= 4 is 17.7 Å². The summed E-state index contributed by atoms with van der Waals surface area (Å²) >= 11 is 1.56. The molecule has 1 atom stereocenters. The number of benzene rings is 1. The quantitative estimate of drug-likeness (QED) is 0.600. The minimum atomic E-state index is -0.106. The largest absolute Gasteiger partial charge is 0.356 e. The summed E-state index contributed by atoms with van der Waals surface area (Å²) in [5.41, 5.74) is 2.05. The molecule has 2 aromatic rings. The molecule has 0 aliphatic carbocycles. The Morgan fingerprint density at radius 2 is 2.12 bits per heavy atom. The summed E-state index contributed by atoms with van der Waals surface area (Å²) in [7, 11) is 0. The Bertz CT molecular complexity index is 818. The van der Waals surface area contributed by atoms with Gasteiger partial charge in [-0.2, -0.15) is 0 Å². The van der Waals surface area contributed by atoms with Gasteiger partial charge < -0.3 is 5.32 Å². The molecule has 1 aliphatic heterocycles. The maximum atomic E-state index is 12.4. The summed E-state index contributed by atoms with van der Waals surface area (Å²) in [6.45, 7) is 4.71. The van der Waals surface area contributed by atoms with Crippen molar-refractivity contribution in [2.24, 2.45) is 0 Å². The summed E-state index contributed by atoms with van der Waals surface area (Å²) in [4.78, 5) is 29.2. The van der Waals surface area contributed by atoms with Crippen molar-refractivity contribution in [3.8, 4) is 0 Å². The SMILES string of the molecule is CC(C)c1cc(=O)n2c(n1)SC[C@H]2CC(=O)NCCCc1ccccc1. The molecule has 1 aliphatic rings. The average molecular weight is 372 g/mol. The van der Waals surface area contributed by atoms with Gasteiger partial charge in [0.05, 0.1) is 11.7 Å². The third-order valence-electron chi connectivity index (χ3n) is 4.53. The van der Waals surface area contributed by atoms with Crippen LogP contribution in [-0.4, -0.2) is 27.8 Å². The van der Waals surface area contributed by atoms with Crippen LogP contribution in [0.2, 0.25) is 0 Å². The Morgan fingerprint density at radius 3 is 2.85 bits per heavy atom. The lowest BCUT2D eigenvalue weighted by molar-refractivity contribution is -0.121. The summed E-state index contributed by atoms with van der Waals surface area (Å²) in [5.74, 6) is 0.943. The number of aromatic nitrogens is 2. The van der Waals surface area contributed by atoms with E-state index in [0.717, 1.165) is 29.4 Å². The zero-order chi connectivity index (χ0) is 18.5. The molecule has 0 unspecified atom stereocenters. The summed E-state index contributed by atoms with van der Waals surface area (Å²) in [6.07, 6.45) is 2.18. The maximum absolute atomic E-state index is 12.4. The predicted molar refractivity (Wildman–Crippen MR) is 105 cm³/mol. The van der Waals surface area contributed by atoms with Crippen LogP contribution in [-0.2, 0) is 11.2 Å². The molecule has 0 radical (unpaired) electrons. The molecule has 2 heterocycles. The number of fused-ring (bicyclic) bond motifs is 1. The normalized spacial score (nSPS) is 15.9. The molecule has 1 N–H and O–H groups in total. The number of thioether (sulfide) groups is 1. The van der Waals surface area contributed by atoms with E-state index in [4.69, 9.17) is 0 Å². The lowest BCUT2D eigenvalue weighted by Crippen LogP contribution is -2.31. The molecular formula is C20H25N3O2S. The van der Waals surface area contributed by atoms with Gasteiger partial charge in [0.1, 0.15) is 0 Å². The van der Waals surface area contributed by atoms with Gasteiger partial charge in [0.25, 0.3) is 5.56 Å².